The zero-order valence-corrected chi connectivity index (χ0v) is 29.4. The molecule has 1 fully saturated rings. The van der Waals surface area contributed by atoms with Crippen molar-refractivity contribution in [2.24, 2.45) is 7.05 Å². The second-order valence-corrected chi connectivity index (χ2v) is 14.4. The zero-order chi connectivity index (χ0) is 34.1. The predicted molar refractivity (Wildman–Crippen MR) is 189 cm³/mol. The van der Waals surface area contributed by atoms with E-state index in [1.165, 1.54) is 21.4 Å². The van der Waals surface area contributed by atoms with Crippen molar-refractivity contribution < 1.29 is 19.8 Å². The van der Waals surface area contributed by atoms with Gasteiger partial charge in [-0.2, -0.15) is 5.10 Å². The average Bonchev–Trinajstić information content (AvgIpc) is 3.60. The molecule has 2 N–H and O–H groups in total. The number of nitrogens with zero attached hydrogens (tertiary/aromatic N) is 5. The number of thiazole rings is 1. The van der Waals surface area contributed by atoms with Crippen LogP contribution in [-0.4, -0.2) is 67.1 Å². The molecule has 0 radical (unpaired) electrons. The molecule has 0 aliphatic carbocycles. The summed E-state index contributed by atoms with van der Waals surface area (Å²) in [7, 11) is 3.77. The van der Waals surface area contributed by atoms with Gasteiger partial charge in [0, 0.05) is 35.6 Å². The van der Waals surface area contributed by atoms with Crippen LogP contribution in [0.2, 0.25) is 5.02 Å². The third-order valence-corrected chi connectivity index (χ3v) is 9.19. The van der Waals surface area contributed by atoms with E-state index in [1.807, 2.05) is 30.9 Å². The summed E-state index contributed by atoms with van der Waals surface area (Å²) in [6.07, 6.45) is 0.937. The van der Waals surface area contributed by atoms with Gasteiger partial charge in [0.25, 0.3) is 6.47 Å². The Bertz CT molecular complexity index is 1880. The predicted octanol–water partition coefficient (Wildman–Crippen LogP) is 8.17. The lowest BCUT2D eigenvalue weighted by Crippen LogP contribution is -2.38. The van der Waals surface area contributed by atoms with Crippen molar-refractivity contribution in [3.8, 4) is 21.7 Å². The molecule has 5 aromatic rings. The molecular weight excluding hydrogens is 622 g/mol. The van der Waals surface area contributed by atoms with Crippen LogP contribution < -0.4 is 4.90 Å². The minimum Gasteiger partial charge on any atom is -0.483 e. The van der Waals surface area contributed by atoms with Crippen LogP contribution >= 0.6 is 22.9 Å². The summed E-state index contributed by atoms with van der Waals surface area (Å²) >= 11 is 7.91. The number of carbonyl (C=O) groups is 2. The van der Waals surface area contributed by atoms with E-state index < -0.39 is 5.60 Å². The Labute approximate surface area is 279 Å². The number of aromatic nitrogens is 3. The summed E-state index contributed by atoms with van der Waals surface area (Å²) in [4.78, 5) is 30.1. The summed E-state index contributed by atoms with van der Waals surface area (Å²) in [5, 5.41) is 22.8. The second kappa shape index (κ2) is 13.4. The van der Waals surface area contributed by atoms with Gasteiger partial charge in [0.1, 0.15) is 5.01 Å². The van der Waals surface area contributed by atoms with Crippen LogP contribution in [0.4, 0.5) is 10.6 Å². The number of carbonyl (C=O) groups excluding carboxylic acids is 1. The Balaban J connectivity index is 0.000000541. The van der Waals surface area contributed by atoms with Crippen LogP contribution in [-0.2, 0) is 18.3 Å². The van der Waals surface area contributed by atoms with Gasteiger partial charge in [0.05, 0.1) is 33.4 Å². The van der Waals surface area contributed by atoms with E-state index in [4.69, 9.17) is 36.7 Å². The SMILES string of the molecule is CC(C)(C)O.CCc1c(C)cc2nc(-c3ccc4c(c3)c(N3CC(C)(C)N(C)C3=O)nn4C)sc2c1-c1ccc(Cl)cc1.O=CO. The number of hydrogen-bond donors (Lipinski definition) is 2. The van der Waals surface area contributed by atoms with E-state index in [0.29, 0.717) is 12.4 Å². The lowest BCUT2D eigenvalue weighted by atomic mass is 9.94. The number of rotatable bonds is 4. The van der Waals surface area contributed by atoms with Gasteiger partial charge >= 0.3 is 6.03 Å². The van der Waals surface area contributed by atoms with Gasteiger partial charge in [-0.25, -0.2) is 9.78 Å². The van der Waals surface area contributed by atoms with E-state index in [-0.39, 0.29) is 18.0 Å². The number of amides is 2. The average molecular weight is 664 g/mol. The van der Waals surface area contributed by atoms with Crippen molar-refractivity contribution in [3.63, 3.8) is 0 Å². The first kappa shape index (κ1) is 34.9. The van der Waals surface area contributed by atoms with Gasteiger partial charge in [-0.15, -0.1) is 11.3 Å². The summed E-state index contributed by atoms with van der Waals surface area (Å²) in [5.74, 6) is 0.693. The summed E-state index contributed by atoms with van der Waals surface area (Å²) < 4.78 is 3.02. The Morgan fingerprint density at radius 3 is 2.20 bits per heavy atom. The molecule has 0 bridgehead atoms. The maximum absolute atomic E-state index is 13.1. The maximum atomic E-state index is 13.1. The monoisotopic (exact) mass is 663 g/mol. The lowest BCUT2D eigenvalue weighted by Gasteiger charge is -2.24. The molecular formula is C35H42ClN5O4S. The van der Waals surface area contributed by atoms with Crippen molar-refractivity contribution in [1.29, 1.82) is 0 Å². The summed E-state index contributed by atoms with van der Waals surface area (Å²) in [6, 6.07) is 16.5. The highest BCUT2D eigenvalue weighted by Gasteiger charge is 2.42. The van der Waals surface area contributed by atoms with Crippen LogP contribution in [0.25, 0.3) is 42.8 Å². The van der Waals surface area contributed by atoms with Crippen molar-refractivity contribution in [1.82, 2.24) is 19.7 Å². The Morgan fingerprint density at radius 1 is 1.07 bits per heavy atom. The fourth-order valence-electron chi connectivity index (χ4n) is 5.48. The number of carboxylic acid groups (broad SMARTS) is 1. The minimum absolute atomic E-state index is 0.0319. The van der Waals surface area contributed by atoms with Crippen LogP contribution in [0, 0.1) is 6.92 Å². The first-order valence-electron chi connectivity index (χ1n) is 15.0. The molecule has 3 heterocycles. The van der Waals surface area contributed by atoms with Crippen LogP contribution in [0.1, 0.15) is 52.7 Å². The molecule has 2 aromatic heterocycles. The molecule has 2 amide bonds. The van der Waals surface area contributed by atoms with Crippen LogP contribution in [0.15, 0.2) is 48.5 Å². The van der Waals surface area contributed by atoms with Gasteiger partial charge in [-0.05, 0) is 101 Å². The molecule has 0 saturated carbocycles. The van der Waals surface area contributed by atoms with Crippen molar-refractivity contribution >= 4 is 62.4 Å². The van der Waals surface area contributed by atoms with E-state index in [0.717, 1.165) is 44.0 Å². The molecule has 1 aliphatic rings. The molecule has 9 nitrogen and oxygen atoms in total. The van der Waals surface area contributed by atoms with E-state index in [1.54, 1.807) is 41.9 Å². The van der Waals surface area contributed by atoms with E-state index >= 15 is 0 Å². The van der Waals surface area contributed by atoms with Gasteiger partial charge in [-0.3, -0.25) is 14.4 Å². The lowest BCUT2D eigenvalue weighted by molar-refractivity contribution is -0.122. The van der Waals surface area contributed by atoms with E-state index in [9.17, 15) is 4.79 Å². The van der Waals surface area contributed by atoms with Crippen molar-refractivity contribution in [3.05, 3.63) is 64.7 Å². The van der Waals surface area contributed by atoms with Crippen LogP contribution in [0.5, 0.6) is 0 Å². The van der Waals surface area contributed by atoms with E-state index in [2.05, 4.69) is 64.1 Å². The van der Waals surface area contributed by atoms with Crippen molar-refractivity contribution in [2.45, 2.75) is 66.0 Å². The Hall–Kier alpha value is -3.99. The number of hydrogen-bond acceptors (Lipinski definition) is 6. The number of urea groups is 1. The number of benzene rings is 3. The fourth-order valence-corrected chi connectivity index (χ4v) is 6.74. The summed E-state index contributed by atoms with van der Waals surface area (Å²) in [6.45, 7) is 14.1. The number of aryl methyl sites for hydroxylation is 2. The third kappa shape index (κ3) is 7.19. The van der Waals surface area contributed by atoms with Gasteiger partial charge in [0.2, 0.25) is 0 Å². The zero-order valence-electron chi connectivity index (χ0n) is 27.8. The Kier molecular flexibility index (Phi) is 10.2. The number of fused-ring (bicyclic) bond motifs is 2. The largest absolute Gasteiger partial charge is 0.483 e. The normalized spacial score (nSPS) is 14.3. The smallest absolute Gasteiger partial charge is 0.326 e. The molecule has 1 saturated heterocycles. The van der Waals surface area contributed by atoms with Crippen LogP contribution in [0.3, 0.4) is 0 Å². The molecule has 0 unspecified atom stereocenters. The number of halogens is 1. The minimum atomic E-state index is -0.500. The molecule has 46 heavy (non-hydrogen) atoms. The number of likely N-dealkylation sites (N-methyl/N-ethyl adjacent to an activating group) is 1. The first-order chi connectivity index (χ1) is 21.5. The number of anilines is 1. The molecule has 0 atom stereocenters. The highest BCUT2D eigenvalue weighted by molar-refractivity contribution is 7.22. The highest BCUT2D eigenvalue weighted by Crippen LogP contribution is 2.42. The first-order valence-corrected chi connectivity index (χ1v) is 16.2. The second-order valence-electron chi connectivity index (χ2n) is 13.0. The standard InChI is InChI=1S/C30H30ClN5OS.C4H10O.CH2O2/c1-7-21-17(2)14-23-26(25(21)18-8-11-20(31)12-9-18)38-28(32-23)19-10-13-24-22(15-19)27(33-35(24)6)36-16-30(3,4)34(5)29(36)37;1-4(2,3)5;2-1-3/h8-15H,7,16H2,1-6H3;5H,1-3H3;1H,(H,2,3). The molecule has 1 aliphatic heterocycles. The third-order valence-electron chi connectivity index (χ3n) is 7.80. The fraction of sp³-hybridized carbons (Fsp3) is 0.371. The molecule has 11 heteroatoms. The van der Waals surface area contributed by atoms with Gasteiger partial charge in [0.15, 0.2) is 5.82 Å². The van der Waals surface area contributed by atoms with Gasteiger partial charge in [-0.1, -0.05) is 30.7 Å². The Morgan fingerprint density at radius 2 is 1.65 bits per heavy atom. The van der Waals surface area contributed by atoms with Gasteiger partial charge < -0.3 is 15.1 Å². The topological polar surface area (TPSA) is 112 Å². The molecule has 6 rings (SSSR count). The molecule has 244 valence electrons. The quantitative estimate of drug-likeness (QED) is 0.188. The highest BCUT2D eigenvalue weighted by atomic mass is 35.5. The number of aliphatic hydroxyl groups is 1. The molecule has 3 aromatic carbocycles. The maximum Gasteiger partial charge on any atom is 0.326 e. The molecule has 0 spiro atoms. The van der Waals surface area contributed by atoms with Crippen molar-refractivity contribution in [2.75, 3.05) is 18.5 Å². The summed E-state index contributed by atoms with van der Waals surface area (Å²) in [5.41, 5.74) is 7.19.